The molecule has 0 aromatic heterocycles. The molecule has 0 radical (unpaired) electrons. The number of hydrogen-bond acceptors (Lipinski definition) is 3. The number of benzene rings is 1. The van der Waals surface area contributed by atoms with Crippen LogP contribution in [0, 0.1) is 0 Å². The molecule has 0 aliphatic carbocycles. The average Bonchev–Trinajstić information content (AvgIpc) is 2.68. The second kappa shape index (κ2) is 6.28. The summed E-state index contributed by atoms with van der Waals surface area (Å²) in [5.41, 5.74) is 1.70. The molecule has 0 unspecified atom stereocenters. The molecule has 0 amide bonds. The molecular formula is C14H22N2O2S. The van der Waals surface area contributed by atoms with E-state index in [-0.39, 0.29) is 5.75 Å². The van der Waals surface area contributed by atoms with Gasteiger partial charge in [-0.25, -0.2) is 8.42 Å². The molecule has 1 aromatic carbocycles. The third-order valence-electron chi connectivity index (χ3n) is 3.50. The Morgan fingerprint density at radius 3 is 2.37 bits per heavy atom. The molecule has 0 spiro atoms. The van der Waals surface area contributed by atoms with Crippen molar-refractivity contribution in [2.45, 2.75) is 32.6 Å². The van der Waals surface area contributed by atoms with Crippen LogP contribution in [0.2, 0.25) is 0 Å². The van der Waals surface area contributed by atoms with Crippen LogP contribution in [0.5, 0.6) is 0 Å². The summed E-state index contributed by atoms with van der Waals surface area (Å²) >= 11 is 0. The smallest absolute Gasteiger partial charge is 0.232 e. The molecule has 1 aliphatic heterocycles. The lowest BCUT2D eigenvalue weighted by Crippen LogP contribution is -2.26. The van der Waals surface area contributed by atoms with Crippen LogP contribution in [0.15, 0.2) is 24.3 Å². The first-order valence-electron chi connectivity index (χ1n) is 6.97. The van der Waals surface area contributed by atoms with Gasteiger partial charge in [0.15, 0.2) is 0 Å². The van der Waals surface area contributed by atoms with Gasteiger partial charge in [0.05, 0.1) is 17.1 Å². The van der Waals surface area contributed by atoms with Crippen molar-refractivity contribution in [2.24, 2.45) is 0 Å². The van der Waals surface area contributed by atoms with Gasteiger partial charge in [-0.3, -0.25) is 4.72 Å². The summed E-state index contributed by atoms with van der Waals surface area (Å²) in [7, 11) is -3.22. The highest BCUT2D eigenvalue weighted by Gasteiger charge is 2.16. The van der Waals surface area contributed by atoms with Gasteiger partial charge >= 0.3 is 0 Å². The van der Waals surface area contributed by atoms with Crippen LogP contribution < -0.4 is 9.62 Å². The fourth-order valence-electron chi connectivity index (χ4n) is 2.39. The summed E-state index contributed by atoms with van der Waals surface area (Å²) in [5.74, 6) is 0.0985. The predicted molar refractivity (Wildman–Crippen MR) is 80.2 cm³/mol. The van der Waals surface area contributed by atoms with Crippen molar-refractivity contribution in [1.29, 1.82) is 0 Å². The molecule has 5 heteroatoms. The Morgan fingerprint density at radius 2 is 1.74 bits per heavy atom. The fraction of sp³-hybridized carbons (Fsp3) is 0.571. The van der Waals surface area contributed by atoms with Gasteiger partial charge in [-0.1, -0.05) is 25.0 Å². The van der Waals surface area contributed by atoms with E-state index in [1.54, 1.807) is 6.92 Å². The predicted octanol–water partition coefficient (Wildman–Crippen LogP) is 2.83. The SMILES string of the molecule is CCS(=O)(=O)Nc1ccccc1N1CCCCCC1. The summed E-state index contributed by atoms with van der Waals surface area (Å²) in [4.78, 5) is 2.29. The standard InChI is InChI=1S/C14H22N2O2S/c1-2-19(17,18)15-13-9-5-6-10-14(13)16-11-7-3-4-8-12-16/h5-6,9-10,15H,2-4,7-8,11-12H2,1H3. The summed E-state index contributed by atoms with van der Waals surface area (Å²) in [5, 5.41) is 0. The van der Waals surface area contributed by atoms with E-state index >= 15 is 0 Å². The van der Waals surface area contributed by atoms with Gasteiger partial charge in [-0.2, -0.15) is 0 Å². The monoisotopic (exact) mass is 282 g/mol. The second-order valence-electron chi connectivity index (χ2n) is 4.92. The van der Waals surface area contributed by atoms with E-state index in [0.717, 1.165) is 18.8 Å². The maximum atomic E-state index is 11.7. The minimum Gasteiger partial charge on any atom is -0.370 e. The van der Waals surface area contributed by atoms with E-state index in [2.05, 4.69) is 9.62 Å². The molecule has 19 heavy (non-hydrogen) atoms. The van der Waals surface area contributed by atoms with E-state index in [9.17, 15) is 8.42 Å². The Kier molecular flexibility index (Phi) is 4.69. The maximum Gasteiger partial charge on any atom is 0.232 e. The fourth-order valence-corrected chi connectivity index (χ4v) is 3.04. The lowest BCUT2D eigenvalue weighted by Gasteiger charge is -2.25. The lowest BCUT2D eigenvalue weighted by molar-refractivity contribution is 0.602. The lowest BCUT2D eigenvalue weighted by atomic mass is 10.2. The molecule has 106 valence electrons. The van der Waals surface area contributed by atoms with Gasteiger partial charge in [0.25, 0.3) is 0 Å². The number of sulfonamides is 1. The third-order valence-corrected chi connectivity index (χ3v) is 4.79. The molecule has 1 N–H and O–H groups in total. The summed E-state index contributed by atoms with van der Waals surface area (Å²) in [6.45, 7) is 3.66. The molecule has 1 saturated heterocycles. The molecule has 1 aromatic rings. The Hall–Kier alpha value is -1.23. The normalized spacial score (nSPS) is 17.0. The highest BCUT2D eigenvalue weighted by atomic mass is 32.2. The highest BCUT2D eigenvalue weighted by molar-refractivity contribution is 7.92. The average molecular weight is 282 g/mol. The number of anilines is 2. The summed E-state index contributed by atoms with van der Waals surface area (Å²) in [6.07, 6.45) is 4.88. The maximum absolute atomic E-state index is 11.7. The first-order valence-corrected chi connectivity index (χ1v) is 8.62. The molecular weight excluding hydrogens is 260 g/mol. The van der Waals surface area contributed by atoms with Gasteiger partial charge in [0, 0.05) is 13.1 Å². The minimum absolute atomic E-state index is 0.0985. The second-order valence-corrected chi connectivity index (χ2v) is 6.93. The number of hydrogen-bond donors (Lipinski definition) is 1. The molecule has 0 saturated carbocycles. The van der Waals surface area contributed by atoms with Gasteiger partial charge in [0.2, 0.25) is 10.0 Å². The van der Waals surface area contributed by atoms with Crippen molar-refractivity contribution >= 4 is 21.4 Å². The van der Waals surface area contributed by atoms with E-state index in [1.807, 2.05) is 24.3 Å². The number of para-hydroxylation sites is 2. The molecule has 0 atom stereocenters. The van der Waals surface area contributed by atoms with Gasteiger partial charge in [0.1, 0.15) is 0 Å². The van der Waals surface area contributed by atoms with Gasteiger partial charge in [-0.15, -0.1) is 0 Å². The molecule has 2 rings (SSSR count). The van der Waals surface area contributed by atoms with Crippen molar-refractivity contribution in [3.05, 3.63) is 24.3 Å². The van der Waals surface area contributed by atoms with Crippen molar-refractivity contribution in [2.75, 3.05) is 28.5 Å². The minimum atomic E-state index is -3.22. The van der Waals surface area contributed by atoms with Crippen LogP contribution in [-0.2, 0) is 10.0 Å². The third kappa shape index (κ3) is 3.86. The van der Waals surface area contributed by atoms with Crippen molar-refractivity contribution in [1.82, 2.24) is 0 Å². The Balaban J connectivity index is 2.24. The van der Waals surface area contributed by atoms with Crippen molar-refractivity contribution < 1.29 is 8.42 Å². The molecule has 1 aliphatic rings. The largest absolute Gasteiger partial charge is 0.370 e. The van der Waals surface area contributed by atoms with E-state index < -0.39 is 10.0 Å². The quantitative estimate of drug-likeness (QED) is 0.924. The molecule has 1 heterocycles. The van der Waals surface area contributed by atoms with Crippen LogP contribution in [-0.4, -0.2) is 27.3 Å². The number of nitrogens with one attached hydrogen (secondary N) is 1. The van der Waals surface area contributed by atoms with E-state index in [0.29, 0.717) is 5.69 Å². The number of rotatable bonds is 4. The first-order chi connectivity index (χ1) is 9.12. The zero-order valence-corrected chi connectivity index (χ0v) is 12.2. The highest BCUT2D eigenvalue weighted by Crippen LogP contribution is 2.28. The van der Waals surface area contributed by atoms with Gasteiger partial charge in [-0.05, 0) is 31.9 Å². The van der Waals surface area contributed by atoms with Crippen molar-refractivity contribution in [3.63, 3.8) is 0 Å². The first kappa shape index (κ1) is 14.2. The topological polar surface area (TPSA) is 49.4 Å². The molecule has 0 bridgehead atoms. The summed E-state index contributed by atoms with van der Waals surface area (Å²) < 4.78 is 26.2. The molecule has 1 fully saturated rings. The Morgan fingerprint density at radius 1 is 1.11 bits per heavy atom. The number of nitrogens with zero attached hydrogens (tertiary/aromatic N) is 1. The van der Waals surface area contributed by atoms with E-state index in [1.165, 1.54) is 25.7 Å². The van der Waals surface area contributed by atoms with Crippen LogP contribution in [0.1, 0.15) is 32.6 Å². The Labute approximate surface area is 115 Å². The summed E-state index contributed by atoms with van der Waals surface area (Å²) in [6, 6.07) is 7.67. The van der Waals surface area contributed by atoms with Crippen LogP contribution in [0.4, 0.5) is 11.4 Å². The van der Waals surface area contributed by atoms with Gasteiger partial charge < -0.3 is 4.90 Å². The molecule has 4 nitrogen and oxygen atoms in total. The Bertz CT molecular complexity index is 506. The zero-order chi connectivity index (χ0) is 13.7. The zero-order valence-electron chi connectivity index (χ0n) is 11.4. The van der Waals surface area contributed by atoms with Crippen molar-refractivity contribution in [3.8, 4) is 0 Å². The van der Waals surface area contributed by atoms with Crippen LogP contribution in [0.3, 0.4) is 0 Å². The van der Waals surface area contributed by atoms with Crippen LogP contribution >= 0.6 is 0 Å². The van der Waals surface area contributed by atoms with Crippen LogP contribution in [0.25, 0.3) is 0 Å². The van der Waals surface area contributed by atoms with E-state index in [4.69, 9.17) is 0 Å².